The zero-order chi connectivity index (χ0) is 18.4. The minimum atomic E-state index is -3.04. The Hall–Kier alpha value is -2.09. The number of nitrogens with zero attached hydrogens (tertiary/aromatic N) is 1. The van der Waals surface area contributed by atoms with Gasteiger partial charge in [-0.25, -0.2) is 8.42 Å². The first kappa shape index (κ1) is 19.2. The summed E-state index contributed by atoms with van der Waals surface area (Å²) in [5.41, 5.74) is 0.619. The third-order valence-corrected chi connectivity index (χ3v) is 5.76. The molecule has 138 valence electrons. The molecule has 1 heterocycles. The molecule has 8 heteroatoms. The lowest BCUT2D eigenvalue weighted by Gasteiger charge is -2.23. The van der Waals surface area contributed by atoms with E-state index in [1.54, 1.807) is 18.2 Å². The third kappa shape index (κ3) is 5.45. The topological polar surface area (TPSA) is 92.8 Å². The maximum absolute atomic E-state index is 12.1. The maximum atomic E-state index is 12.1. The van der Waals surface area contributed by atoms with Crippen LogP contribution in [0, 0.1) is 0 Å². The lowest BCUT2D eigenvalue weighted by atomic mass is 10.2. The van der Waals surface area contributed by atoms with Crippen LogP contribution in [-0.4, -0.2) is 50.9 Å². The number of carbonyl (C=O) groups excluding carboxylic acids is 2. The van der Waals surface area contributed by atoms with Crippen LogP contribution in [0.5, 0.6) is 5.75 Å². The molecule has 25 heavy (non-hydrogen) atoms. The number of rotatable bonds is 7. The van der Waals surface area contributed by atoms with Crippen molar-refractivity contribution in [1.29, 1.82) is 0 Å². The molecule has 1 aliphatic heterocycles. The number of hydrogen-bond donors (Lipinski definition) is 1. The molecular weight excluding hydrogens is 344 g/mol. The second-order valence-corrected chi connectivity index (χ2v) is 8.22. The second kappa shape index (κ2) is 8.33. The summed E-state index contributed by atoms with van der Waals surface area (Å²) in [4.78, 5) is 25.6. The van der Waals surface area contributed by atoms with Gasteiger partial charge in [0.2, 0.25) is 11.8 Å². The predicted octanol–water partition coefficient (Wildman–Crippen LogP) is 1.13. The van der Waals surface area contributed by atoms with E-state index in [2.05, 4.69) is 5.32 Å². The molecule has 7 nitrogen and oxygen atoms in total. The molecule has 1 atom stereocenters. The SMILES string of the molecule is CCOc1ccccc1N(CCC(=O)NC1CCS(=O)(=O)C1)C(C)=O. The first-order chi connectivity index (χ1) is 11.8. The van der Waals surface area contributed by atoms with Crippen molar-refractivity contribution in [3.05, 3.63) is 24.3 Å². The van der Waals surface area contributed by atoms with Crippen LogP contribution in [0.4, 0.5) is 5.69 Å². The Labute approximate surface area is 148 Å². The van der Waals surface area contributed by atoms with Gasteiger partial charge in [-0.15, -0.1) is 0 Å². The van der Waals surface area contributed by atoms with Crippen molar-refractivity contribution >= 4 is 27.3 Å². The first-order valence-corrected chi connectivity index (χ1v) is 10.1. The van der Waals surface area contributed by atoms with Crippen LogP contribution in [0.15, 0.2) is 24.3 Å². The van der Waals surface area contributed by atoms with Crippen LogP contribution in [0.3, 0.4) is 0 Å². The number of carbonyl (C=O) groups is 2. The van der Waals surface area contributed by atoms with Crippen LogP contribution < -0.4 is 15.0 Å². The Morgan fingerprint density at radius 1 is 1.32 bits per heavy atom. The van der Waals surface area contributed by atoms with E-state index in [0.29, 0.717) is 24.5 Å². The van der Waals surface area contributed by atoms with Crippen LogP contribution >= 0.6 is 0 Å². The molecule has 2 amide bonds. The van der Waals surface area contributed by atoms with Gasteiger partial charge >= 0.3 is 0 Å². The predicted molar refractivity (Wildman–Crippen MR) is 95.5 cm³/mol. The molecule has 0 bridgehead atoms. The minimum absolute atomic E-state index is 0.0116. The fraction of sp³-hybridized carbons (Fsp3) is 0.529. The molecule has 1 fully saturated rings. The van der Waals surface area contributed by atoms with Crippen LogP contribution in [0.25, 0.3) is 0 Å². The average Bonchev–Trinajstić information content (AvgIpc) is 2.87. The Bertz CT molecular complexity index is 732. The van der Waals surface area contributed by atoms with Crippen molar-refractivity contribution in [1.82, 2.24) is 5.32 Å². The number of sulfone groups is 1. The van der Waals surface area contributed by atoms with E-state index in [4.69, 9.17) is 4.74 Å². The second-order valence-electron chi connectivity index (χ2n) is 5.99. The highest BCUT2D eigenvalue weighted by Crippen LogP contribution is 2.28. The van der Waals surface area contributed by atoms with Gasteiger partial charge in [0.1, 0.15) is 5.75 Å². The summed E-state index contributed by atoms with van der Waals surface area (Å²) in [7, 11) is -3.04. The van der Waals surface area contributed by atoms with E-state index in [1.165, 1.54) is 11.8 Å². The van der Waals surface area contributed by atoms with Crippen molar-refractivity contribution in [2.75, 3.05) is 29.6 Å². The molecule has 0 aliphatic carbocycles. The van der Waals surface area contributed by atoms with Gasteiger partial charge in [-0.05, 0) is 25.5 Å². The Morgan fingerprint density at radius 3 is 2.64 bits per heavy atom. The fourth-order valence-corrected chi connectivity index (χ4v) is 4.50. The quantitative estimate of drug-likeness (QED) is 0.779. The Kier molecular flexibility index (Phi) is 6.41. The number of hydrogen-bond acceptors (Lipinski definition) is 5. The van der Waals surface area contributed by atoms with Gasteiger partial charge in [0.15, 0.2) is 9.84 Å². The van der Waals surface area contributed by atoms with E-state index in [1.807, 2.05) is 13.0 Å². The smallest absolute Gasteiger partial charge is 0.223 e. The number of ether oxygens (including phenoxy) is 1. The summed E-state index contributed by atoms with van der Waals surface area (Å²) in [5, 5.41) is 2.73. The number of benzene rings is 1. The van der Waals surface area contributed by atoms with Gasteiger partial charge in [0, 0.05) is 25.9 Å². The van der Waals surface area contributed by atoms with E-state index < -0.39 is 9.84 Å². The highest BCUT2D eigenvalue weighted by Gasteiger charge is 2.29. The molecule has 2 rings (SSSR count). The summed E-state index contributed by atoms with van der Waals surface area (Å²) in [6.45, 7) is 3.96. The van der Waals surface area contributed by atoms with Crippen LogP contribution in [-0.2, 0) is 19.4 Å². The van der Waals surface area contributed by atoms with Crippen molar-refractivity contribution in [3.63, 3.8) is 0 Å². The summed E-state index contributed by atoms with van der Waals surface area (Å²) < 4.78 is 28.4. The molecule has 1 aliphatic rings. The van der Waals surface area contributed by atoms with Gasteiger partial charge in [-0.3, -0.25) is 9.59 Å². The average molecular weight is 368 g/mol. The normalized spacial score (nSPS) is 18.6. The largest absolute Gasteiger partial charge is 0.492 e. The lowest BCUT2D eigenvalue weighted by molar-refractivity contribution is -0.121. The zero-order valence-corrected chi connectivity index (χ0v) is 15.3. The van der Waals surface area contributed by atoms with E-state index in [0.717, 1.165) is 0 Å². The van der Waals surface area contributed by atoms with Crippen LogP contribution in [0.1, 0.15) is 26.7 Å². The molecule has 1 unspecified atom stereocenters. The van der Waals surface area contributed by atoms with Crippen molar-refractivity contribution in [2.45, 2.75) is 32.7 Å². The van der Waals surface area contributed by atoms with Crippen LogP contribution in [0.2, 0.25) is 0 Å². The molecule has 1 N–H and O–H groups in total. The molecule has 1 aromatic carbocycles. The highest BCUT2D eigenvalue weighted by molar-refractivity contribution is 7.91. The third-order valence-electron chi connectivity index (χ3n) is 4.00. The van der Waals surface area contributed by atoms with Crippen molar-refractivity contribution < 1.29 is 22.7 Å². The number of amides is 2. The van der Waals surface area contributed by atoms with Gasteiger partial charge < -0.3 is 15.0 Å². The van der Waals surface area contributed by atoms with E-state index in [9.17, 15) is 18.0 Å². The number of anilines is 1. The molecular formula is C17H24N2O5S. The molecule has 0 aromatic heterocycles. The summed E-state index contributed by atoms with van der Waals surface area (Å²) in [5.74, 6) is 0.231. The molecule has 1 aromatic rings. The number of para-hydroxylation sites is 2. The Morgan fingerprint density at radius 2 is 2.04 bits per heavy atom. The van der Waals surface area contributed by atoms with E-state index in [-0.39, 0.29) is 42.3 Å². The van der Waals surface area contributed by atoms with Gasteiger partial charge in [-0.2, -0.15) is 0 Å². The lowest BCUT2D eigenvalue weighted by Crippen LogP contribution is -2.39. The first-order valence-electron chi connectivity index (χ1n) is 8.32. The molecule has 0 radical (unpaired) electrons. The van der Waals surface area contributed by atoms with Crippen molar-refractivity contribution in [3.8, 4) is 5.75 Å². The standard InChI is InChI=1S/C17H24N2O5S/c1-3-24-16-7-5-4-6-15(16)19(13(2)20)10-8-17(21)18-14-9-11-25(22,23)12-14/h4-7,14H,3,8-12H2,1-2H3,(H,18,21). The minimum Gasteiger partial charge on any atom is -0.492 e. The maximum Gasteiger partial charge on any atom is 0.223 e. The monoisotopic (exact) mass is 368 g/mol. The molecule has 0 saturated carbocycles. The van der Waals surface area contributed by atoms with E-state index >= 15 is 0 Å². The summed E-state index contributed by atoms with van der Waals surface area (Å²) >= 11 is 0. The number of nitrogens with one attached hydrogen (secondary N) is 1. The highest BCUT2D eigenvalue weighted by atomic mass is 32.2. The van der Waals surface area contributed by atoms with Crippen molar-refractivity contribution in [2.24, 2.45) is 0 Å². The van der Waals surface area contributed by atoms with Gasteiger partial charge in [0.05, 0.1) is 23.8 Å². The summed E-state index contributed by atoms with van der Waals surface area (Å²) in [6, 6.07) is 6.84. The summed E-state index contributed by atoms with van der Waals surface area (Å²) in [6.07, 6.45) is 0.536. The van der Waals surface area contributed by atoms with Gasteiger partial charge in [0.25, 0.3) is 0 Å². The zero-order valence-electron chi connectivity index (χ0n) is 14.5. The Balaban J connectivity index is 1.98. The molecule has 1 saturated heterocycles. The fourth-order valence-electron chi connectivity index (χ4n) is 2.83. The van der Waals surface area contributed by atoms with Gasteiger partial charge in [-0.1, -0.05) is 12.1 Å². The molecule has 0 spiro atoms.